The highest BCUT2D eigenvalue weighted by atomic mass is 14.8. The lowest BCUT2D eigenvalue weighted by Gasteiger charge is -2.04. The van der Waals surface area contributed by atoms with Crippen LogP contribution < -0.4 is 11.1 Å². The highest BCUT2D eigenvalue weighted by Gasteiger charge is 2.06. The molecule has 1 heterocycles. The molecular formula is C12H17N3. The summed E-state index contributed by atoms with van der Waals surface area (Å²) in [6, 6.07) is 6.22. The first-order valence-electron chi connectivity index (χ1n) is 5.35. The smallest absolute Gasteiger partial charge is 0.0460 e. The molecule has 0 aliphatic carbocycles. The zero-order valence-corrected chi connectivity index (χ0v) is 9.01. The van der Waals surface area contributed by atoms with Gasteiger partial charge in [-0.1, -0.05) is 19.1 Å². The van der Waals surface area contributed by atoms with Gasteiger partial charge in [0, 0.05) is 30.2 Å². The Balaban J connectivity index is 2.46. The van der Waals surface area contributed by atoms with Gasteiger partial charge in [-0.15, -0.1) is 0 Å². The molecule has 0 amide bonds. The molecule has 0 spiro atoms. The summed E-state index contributed by atoms with van der Waals surface area (Å²) in [5.74, 6) is 0. The fourth-order valence-corrected chi connectivity index (χ4v) is 1.91. The molecule has 0 saturated heterocycles. The summed E-state index contributed by atoms with van der Waals surface area (Å²) in [5.41, 5.74) is 9.42. The molecule has 0 saturated carbocycles. The summed E-state index contributed by atoms with van der Waals surface area (Å²) < 4.78 is 0. The minimum absolute atomic E-state index is 0.592. The first-order chi connectivity index (χ1) is 7.36. The molecule has 3 nitrogen and oxygen atoms in total. The summed E-state index contributed by atoms with van der Waals surface area (Å²) >= 11 is 0. The highest BCUT2D eigenvalue weighted by molar-refractivity contribution is 5.86. The predicted molar refractivity (Wildman–Crippen MR) is 63.6 cm³/mol. The van der Waals surface area contributed by atoms with Crippen LogP contribution in [0.25, 0.3) is 10.9 Å². The molecule has 0 aliphatic heterocycles. The number of aromatic nitrogens is 1. The molecule has 1 aromatic carbocycles. The lowest BCUT2D eigenvalue weighted by molar-refractivity contribution is 0.730. The molecule has 0 unspecified atom stereocenters. The Morgan fingerprint density at radius 2 is 2.20 bits per heavy atom. The van der Waals surface area contributed by atoms with Gasteiger partial charge in [-0.3, -0.25) is 0 Å². The molecule has 0 aliphatic rings. The molecule has 1 aromatic heterocycles. The Hall–Kier alpha value is -1.32. The van der Waals surface area contributed by atoms with Crippen molar-refractivity contribution >= 4 is 10.9 Å². The van der Waals surface area contributed by atoms with Crippen LogP contribution in [0.4, 0.5) is 0 Å². The standard InChI is InChI=1S/C12H17N3/c1-2-14-7-10-8-15-11-5-3-4-9(6-13)12(10)11/h3-5,8,14-15H,2,6-7,13H2,1H3. The van der Waals surface area contributed by atoms with Crippen molar-refractivity contribution in [1.29, 1.82) is 0 Å². The van der Waals surface area contributed by atoms with Crippen LogP contribution in [0.2, 0.25) is 0 Å². The maximum atomic E-state index is 5.74. The SMILES string of the molecule is CCNCc1c[nH]c2cccc(CN)c12. The second-order valence-electron chi connectivity index (χ2n) is 3.64. The van der Waals surface area contributed by atoms with Crippen molar-refractivity contribution in [3.63, 3.8) is 0 Å². The van der Waals surface area contributed by atoms with E-state index in [-0.39, 0.29) is 0 Å². The van der Waals surface area contributed by atoms with Crippen LogP contribution in [0.1, 0.15) is 18.1 Å². The van der Waals surface area contributed by atoms with Crippen molar-refractivity contribution < 1.29 is 0 Å². The molecule has 80 valence electrons. The highest BCUT2D eigenvalue weighted by Crippen LogP contribution is 2.22. The molecule has 0 fully saturated rings. The van der Waals surface area contributed by atoms with E-state index < -0.39 is 0 Å². The summed E-state index contributed by atoms with van der Waals surface area (Å²) in [7, 11) is 0. The average molecular weight is 203 g/mol. The Kier molecular flexibility index (Phi) is 3.04. The zero-order valence-electron chi connectivity index (χ0n) is 9.01. The topological polar surface area (TPSA) is 53.8 Å². The first-order valence-corrected chi connectivity index (χ1v) is 5.35. The number of rotatable bonds is 4. The van der Waals surface area contributed by atoms with E-state index in [1.165, 1.54) is 22.0 Å². The van der Waals surface area contributed by atoms with Gasteiger partial charge >= 0.3 is 0 Å². The largest absolute Gasteiger partial charge is 0.361 e. The first kappa shape index (κ1) is 10.2. The van der Waals surface area contributed by atoms with Crippen LogP contribution in [-0.4, -0.2) is 11.5 Å². The zero-order chi connectivity index (χ0) is 10.7. The number of hydrogen-bond donors (Lipinski definition) is 3. The Bertz CT molecular complexity index is 445. The van der Waals surface area contributed by atoms with Gasteiger partial charge in [0.05, 0.1) is 0 Å². The van der Waals surface area contributed by atoms with Crippen molar-refractivity contribution in [3.8, 4) is 0 Å². The molecule has 2 aromatic rings. The molecule has 2 rings (SSSR count). The van der Waals surface area contributed by atoms with E-state index in [0.717, 1.165) is 13.1 Å². The van der Waals surface area contributed by atoms with Gasteiger partial charge in [0.2, 0.25) is 0 Å². The van der Waals surface area contributed by atoms with E-state index in [2.05, 4.69) is 35.6 Å². The fraction of sp³-hybridized carbons (Fsp3) is 0.333. The fourth-order valence-electron chi connectivity index (χ4n) is 1.91. The van der Waals surface area contributed by atoms with Crippen LogP contribution in [0, 0.1) is 0 Å². The molecule has 0 radical (unpaired) electrons. The Labute approximate surface area is 89.7 Å². The molecule has 3 heteroatoms. The minimum atomic E-state index is 0.592. The summed E-state index contributed by atoms with van der Waals surface area (Å²) in [6.07, 6.45) is 2.06. The second-order valence-corrected chi connectivity index (χ2v) is 3.64. The lowest BCUT2D eigenvalue weighted by atomic mass is 10.1. The predicted octanol–water partition coefficient (Wildman–Crippen LogP) is 1.74. The number of nitrogens with one attached hydrogen (secondary N) is 2. The van der Waals surface area contributed by atoms with E-state index in [0.29, 0.717) is 6.54 Å². The van der Waals surface area contributed by atoms with Gasteiger partial charge in [0.15, 0.2) is 0 Å². The minimum Gasteiger partial charge on any atom is -0.361 e. The van der Waals surface area contributed by atoms with E-state index in [1.54, 1.807) is 0 Å². The van der Waals surface area contributed by atoms with Crippen LogP contribution in [0.3, 0.4) is 0 Å². The van der Waals surface area contributed by atoms with Gasteiger partial charge < -0.3 is 16.0 Å². The van der Waals surface area contributed by atoms with Crippen LogP contribution in [0.15, 0.2) is 24.4 Å². The third-order valence-electron chi connectivity index (χ3n) is 2.66. The molecule has 15 heavy (non-hydrogen) atoms. The van der Waals surface area contributed by atoms with Crippen molar-refractivity contribution in [1.82, 2.24) is 10.3 Å². The summed E-state index contributed by atoms with van der Waals surface area (Å²) in [4.78, 5) is 3.28. The number of H-pyrrole nitrogens is 1. The van der Waals surface area contributed by atoms with E-state index in [4.69, 9.17) is 5.73 Å². The summed E-state index contributed by atoms with van der Waals surface area (Å²) in [5, 5.41) is 4.61. The Morgan fingerprint density at radius 3 is 2.93 bits per heavy atom. The van der Waals surface area contributed by atoms with Crippen molar-refractivity contribution in [2.45, 2.75) is 20.0 Å². The van der Waals surface area contributed by atoms with E-state index in [1.807, 2.05) is 6.07 Å². The Morgan fingerprint density at radius 1 is 1.33 bits per heavy atom. The molecule has 4 N–H and O–H groups in total. The number of nitrogens with two attached hydrogens (primary N) is 1. The molecule has 0 bridgehead atoms. The van der Waals surface area contributed by atoms with Gasteiger partial charge in [-0.05, 0) is 23.7 Å². The molecule has 0 atom stereocenters. The number of hydrogen-bond acceptors (Lipinski definition) is 2. The molecular weight excluding hydrogens is 186 g/mol. The monoisotopic (exact) mass is 203 g/mol. The van der Waals surface area contributed by atoms with Gasteiger partial charge in [0.25, 0.3) is 0 Å². The van der Waals surface area contributed by atoms with E-state index >= 15 is 0 Å². The van der Waals surface area contributed by atoms with Crippen molar-refractivity contribution in [2.24, 2.45) is 5.73 Å². The van der Waals surface area contributed by atoms with Crippen molar-refractivity contribution in [3.05, 3.63) is 35.5 Å². The maximum absolute atomic E-state index is 5.74. The normalized spacial score (nSPS) is 11.1. The number of fused-ring (bicyclic) bond motifs is 1. The van der Waals surface area contributed by atoms with Gasteiger partial charge in [-0.2, -0.15) is 0 Å². The van der Waals surface area contributed by atoms with Crippen molar-refractivity contribution in [2.75, 3.05) is 6.54 Å². The van der Waals surface area contributed by atoms with Gasteiger partial charge in [-0.25, -0.2) is 0 Å². The van der Waals surface area contributed by atoms with Gasteiger partial charge in [0.1, 0.15) is 0 Å². The lowest BCUT2D eigenvalue weighted by Crippen LogP contribution is -2.11. The summed E-state index contributed by atoms with van der Waals surface area (Å²) in [6.45, 7) is 4.58. The average Bonchev–Trinajstić information content (AvgIpc) is 2.69. The number of benzene rings is 1. The third kappa shape index (κ3) is 1.89. The quantitative estimate of drug-likeness (QED) is 0.709. The van der Waals surface area contributed by atoms with E-state index in [9.17, 15) is 0 Å². The van der Waals surface area contributed by atoms with Crippen LogP contribution >= 0.6 is 0 Å². The number of aromatic amines is 1. The van der Waals surface area contributed by atoms with Crippen LogP contribution in [-0.2, 0) is 13.1 Å². The third-order valence-corrected chi connectivity index (χ3v) is 2.66. The maximum Gasteiger partial charge on any atom is 0.0460 e. The second kappa shape index (κ2) is 4.47. The van der Waals surface area contributed by atoms with Crippen LogP contribution in [0.5, 0.6) is 0 Å².